The Morgan fingerprint density at radius 3 is 2.30 bits per heavy atom. The van der Waals surface area contributed by atoms with Crippen LogP contribution in [0.1, 0.15) is 36.2 Å². The molecule has 4 heteroatoms. The zero-order valence-electron chi connectivity index (χ0n) is 13.6. The molecule has 0 unspecified atom stereocenters. The molecule has 4 nitrogen and oxygen atoms in total. The molecule has 0 atom stereocenters. The molecule has 0 radical (unpaired) electrons. The van der Waals surface area contributed by atoms with Gasteiger partial charge in [0.05, 0.1) is 12.2 Å². The highest BCUT2D eigenvalue weighted by molar-refractivity contribution is 5.89. The fourth-order valence-corrected chi connectivity index (χ4v) is 1.93. The minimum absolute atomic E-state index is 0.249. The lowest BCUT2D eigenvalue weighted by Crippen LogP contribution is -2.33. The Bertz CT molecular complexity index is 615. The van der Waals surface area contributed by atoms with Crippen molar-refractivity contribution in [2.24, 2.45) is 5.73 Å². The minimum Gasteiger partial charge on any atom is -0.494 e. The van der Waals surface area contributed by atoms with Gasteiger partial charge in [-0.15, -0.1) is 0 Å². The summed E-state index contributed by atoms with van der Waals surface area (Å²) in [6.07, 6.45) is 0.758. The third kappa shape index (κ3) is 6.12. The van der Waals surface area contributed by atoms with Crippen LogP contribution in [0.2, 0.25) is 0 Å². The summed E-state index contributed by atoms with van der Waals surface area (Å²) >= 11 is 0. The molecule has 0 heterocycles. The Morgan fingerprint density at radius 1 is 1.04 bits per heavy atom. The van der Waals surface area contributed by atoms with Crippen LogP contribution in [-0.2, 0) is 11.3 Å². The molecule has 0 saturated heterocycles. The summed E-state index contributed by atoms with van der Waals surface area (Å²) in [5.41, 5.74) is 7.12. The smallest absolute Gasteiger partial charge is 0.338 e. The Labute approximate surface area is 137 Å². The summed E-state index contributed by atoms with van der Waals surface area (Å²) in [6.45, 7) is 4.73. The summed E-state index contributed by atoms with van der Waals surface area (Å²) in [5.74, 6) is 0.373. The van der Waals surface area contributed by atoms with E-state index in [0.717, 1.165) is 12.0 Å². The van der Waals surface area contributed by atoms with Crippen LogP contribution in [0.15, 0.2) is 54.6 Å². The maximum atomic E-state index is 12.0. The normalized spacial score (nSPS) is 11.1. The number of nitrogens with two attached hydrogens (primary N) is 1. The zero-order chi connectivity index (χ0) is 16.7. The molecule has 0 amide bonds. The van der Waals surface area contributed by atoms with Crippen LogP contribution in [0.4, 0.5) is 0 Å². The molecule has 122 valence electrons. The maximum absolute atomic E-state index is 12.0. The second kappa shape index (κ2) is 7.79. The van der Waals surface area contributed by atoms with Gasteiger partial charge in [0.2, 0.25) is 0 Å². The van der Waals surface area contributed by atoms with Gasteiger partial charge in [0, 0.05) is 5.54 Å². The highest BCUT2D eigenvalue weighted by atomic mass is 16.5. The second-order valence-corrected chi connectivity index (χ2v) is 6.17. The Morgan fingerprint density at radius 2 is 1.70 bits per heavy atom. The van der Waals surface area contributed by atoms with E-state index in [-0.39, 0.29) is 18.1 Å². The molecule has 2 rings (SSSR count). The summed E-state index contributed by atoms with van der Waals surface area (Å²) in [4.78, 5) is 12.0. The van der Waals surface area contributed by atoms with Gasteiger partial charge >= 0.3 is 5.97 Å². The fourth-order valence-electron chi connectivity index (χ4n) is 1.93. The summed E-state index contributed by atoms with van der Waals surface area (Å²) in [7, 11) is 0. The average molecular weight is 313 g/mol. The van der Waals surface area contributed by atoms with Crippen LogP contribution >= 0.6 is 0 Å². The van der Waals surface area contributed by atoms with E-state index in [1.807, 2.05) is 44.2 Å². The quantitative estimate of drug-likeness (QED) is 0.794. The highest BCUT2D eigenvalue weighted by Crippen LogP contribution is 2.15. The Hall–Kier alpha value is -2.33. The van der Waals surface area contributed by atoms with Gasteiger partial charge in [-0.05, 0) is 50.1 Å². The SMILES string of the molecule is CC(C)(N)CCOc1ccc(C(=O)OCc2ccccc2)cc1. The first kappa shape index (κ1) is 17.0. The summed E-state index contributed by atoms with van der Waals surface area (Å²) < 4.78 is 10.9. The van der Waals surface area contributed by atoms with Crippen molar-refractivity contribution < 1.29 is 14.3 Å². The first-order chi connectivity index (χ1) is 10.9. The van der Waals surface area contributed by atoms with Crippen LogP contribution in [0.25, 0.3) is 0 Å². The molecule has 0 spiro atoms. The van der Waals surface area contributed by atoms with E-state index in [9.17, 15) is 4.79 Å². The highest BCUT2D eigenvalue weighted by Gasteiger charge is 2.11. The van der Waals surface area contributed by atoms with E-state index in [1.165, 1.54) is 0 Å². The number of ether oxygens (including phenoxy) is 2. The van der Waals surface area contributed by atoms with Gasteiger partial charge in [-0.3, -0.25) is 0 Å². The molecule has 0 aliphatic carbocycles. The Balaban J connectivity index is 1.82. The van der Waals surface area contributed by atoms with Gasteiger partial charge in [-0.2, -0.15) is 0 Å². The topological polar surface area (TPSA) is 61.5 Å². The van der Waals surface area contributed by atoms with Crippen molar-refractivity contribution in [2.75, 3.05) is 6.61 Å². The lowest BCUT2D eigenvalue weighted by atomic mass is 10.0. The van der Waals surface area contributed by atoms with E-state index in [1.54, 1.807) is 24.3 Å². The van der Waals surface area contributed by atoms with Gasteiger partial charge in [0.1, 0.15) is 12.4 Å². The molecule has 23 heavy (non-hydrogen) atoms. The van der Waals surface area contributed by atoms with Crippen molar-refractivity contribution in [3.05, 3.63) is 65.7 Å². The fraction of sp³-hybridized carbons (Fsp3) is 0.316. The molecule has 0 aliphatic rings. The van der Waals surface area contributed by atoms with Crippen LogP contribution in [0.5, 0.6) is 5.75 Å². The largest absolute Gasteiger partial charge is 0.494 e. The molecular formula is C19H23NO3. The second-order valence-electron chi connectivity index (χ2n) is 6.17. The summed E-state index contributed by atoms with van der Waals surface area (Å²) in [5, 5.41) is 0. The Kier molecular flexibility index (Phi) is 5.77. The van der Waals surface area contributed by atoms with Crippen molar-refractivity contribution in [3.8, 4) is 5.75 Å². The number of esters is 1. The first-order valence-electron chi connectivity index (χ1n) is 7.67. The zero-order valence-corrected chi connectivity index (χ0v) is 13.6. The molecule has 0 aliphatic heterocycles. The van der Waals surface area contributed by atoms with Crippen LogP contribution in [-0.4, -0.2) is 18.1 Å². The molecule has 0 fully saturated rings. The maximum Gasteiger partial charge on any atom is 0.338 e. The van der Waals surface area contributed by atoms with Crippen molar-refractivity contribution >= 4 is 5.97 Å². The number of carbonyl (C=O) groups excluding carboxylic acids is 1. The van der Waals surface area contributed by atoms with E-state index in [2.05, 4.69) is 0 Å². The number of hydrogen-bond acceptors (Lipinski definition) is 4. The molecule has 0 bridgehead atoms. The molecule has 2 N–H and O–H groups in total. The standard InChI is InChI=1S/C19H23NO3/c1-19(2,20)12-13-22-17-10-8-16(9-11-17)18(21)23-14-15-6-4-3-5-7-15/h3-11H,12-14,20H2,1-2H3. The number of hydrogen-bond donors (Lipinski definition) is 1. The van der Waals surface area contributed by atoms with E-state index in [0.29, 0.717) is 17.9 Å². The minimum atomic E-state index is -0.344. The van der Waals surface area contributed by atoms with Crippen LogP contribution < -0.4 is 10.5 Å². The van der Waals surface area contributed by atoms with E-state index in [4.69, 9.17) is 15.2 Å². The van der Waals surface area contributed by atoms with Crippen molar-refractivity contribution in [1.82, 2.24) is 0 Å². The van der Waals surface area contributed by atoms with E-state index < -0.39 is 0 Å². The molecular weight excluding hydrogens is 290 g/mol. The van der Waals surface area contributed by atoms with Crippen LogP contribution in [0, 0.1) is 0 Å². The van der Waals surface area contributed by atoms with Crippen LogP contribution in [0.3, 0.4) is 0 Å². The van der Waals surface area contributed by atoms with Gasteiger partial charge in [-0.25, -0.2) is 4.79 Å². The van der Waals surface area contributed by atoms with E-state index >= 15 is 0 Å². The third-order valence-corrected chi connectivity index (χ3v) is 3.32. The van der Waals surface area contributed by atoms with Gasteiger partial charge in [0.15, 0.2) is 0 Å². The van der Waals surface area contributed by atoms with Crippen molar-refractivity contribution in [1.29, 1.82) is 0 Å². The lowest BCUT2D eigenvalue weighted by molar-refractivity contribution is 0.0472. The lowest BCUT2D eigenvalue weighted by Gasteiger charge is -2.18. The summed E-state index contributed by atoms with van der Waals surface area (Å²) in [6, 6.07) is 16.5. The number of rotatable bonds is 7. The van der Waals surface area contributed by atoms with Gasteiger partial charge in [-0.1, -0.05) is 30.3 Å². The van der Waals surface area contributed by atoms with Crippen molar-refractivity contribution in [2.45, 2.75) is 32.4 Å². The molecule has 0 aromatic heterocycles. The number of carbonyl (C=O) groups is 1. The third-order valence-electron chi connectivity index (χ3n) is 3.32. The van der Waals surface area contributed by atoms with Crippen molar-refractivity contribution in [3.63, 3.8) is 0 Å². The van der Waals surface area contributed by atoms with Gasteiger partial charge < -0.3 is 15.2 Å². The predicted octanol–water partition coefficient (Wildman–Crippen LogP) is 3.55. The average Bonchev–Trinajstić information content (AvgIpc) is 2.53. The molecule has 2 aromatic carbocycles. The van der Waals surface area contributed by atoms with Gasteiger partial charge in [0.25, 0.3) is 0 Å². The number of benzene rings is 2. The molecule has 0 saturated carbocycles. The predicted molar refractivity (Wildman–Crippen MR) is 90.4 cm³/mol. The molecule has 2 aromatic rings. The monoisotopic (exact) mass is 313 g/mol. The first-order valence-corrected chi connectivity index (χ1v) is 7.67.